The normalized spacial score (nSPS) is 30.7. The van der Waals surface area contributed by atoms with Gasteiger partial charge in [0.25, 0.3) is 0 Å². The number of carbonyl (C=O) groups is 1. The lowest BCUT2D eigenvalue weighted by Gasteiger charge is -2.16. The van der Waals surface area contributed by atoms with Crippen LogP contribution in [-0.2, 0) is 4.74 Å². The molecule has 2 heteroatoms. The summed E-state index contributed by atoms with van der Waals surface area (Å²) in [6.07, 6.45) is 6.89. The summed E-state index contributed by atoms with van der Waals surface area (Å²) in [5.41, 5.74) is 0.916. The molecule has 1 aromatic rings. The van der Waals surface area contributed by atoms with Gasteiger partial charge in [-0.1, -0.05) is 43.2 Å². The van der Waals surface area contributed by atoms with Crippen molar-refractivity contribution in [3.05, 3.63) is 35.9 Å². The maximum Gasteiger partial charge on any atom is 0.162 e. The highest BCUT2D eigenvalue weighted by Gasteiger charge is 2.56. The van der Waals surface area contributed by atoms with E-state index in [4.69, 9.17) is 4.74 Å². The third kappa shape index (κ3) is 2.14. The number of hydrogen-bond donors (Lipinski definition) is 0. The third-order valence-corrected chi connectivity index (χ3v) is 4.09. The van der Waals surface area contributed by atoms with Gasteiger partial charge in [-0.25, -0.2) is 0 Å². The summed E-state index contributed by atoms with van der Waals surface area (Å²) in [6, 6.07) is 9.57. The van der Waals surface area contributed by atoms with E-state index >= 15 is 0 Å². The maximum absolute atomic E-state index is 12.0. The molecule has 90 valence electrons. The molecular weight excluding hydrogens is 212 g/mol. The van der Waals surface area contributed by atoms with Crippen LogP contribution in [-0.4, -0.2) is 17.5 Å². The highest BCUT2D eigenvalue weighted by molar-refractivity contribution is 5.96. The average molecular weight is 230 g/mol. The van der Waals surface area contributed by atoms with E-state index in [1.165, 1.54) is 19.3 Å². The van der Waals surface area contributed by atoms with Gasteiger partial charge in [-0.15, -0.1) is 0 Å². The lowest BCUT2D eigenvalue weighted by molar-refractivity contribution is 0.0966. The van der Waals surface area contributed by atoms with Crippen LogP contribution in [0.5, 0.6) is 0 Å². The van der Waals surface area contributed by atoms with Crippen LogP contribution in [0.4, 0.5) is 0 Å². The number of Topliss-reactive ketones (excluding diaryl/α,β-unsaturated/α-hetero) is 1. The summed E-state index contributed by atoms with van der Waals surface area (Å²) in [5.74, 6) is 0.250. The van der Waals surface area contributed by atoms with Crippen molar-refractivity contribution in [1.29, 1.82) is 0 Å². The SMILES string of the molecule is O=C(CC[C@]12CCCC[C@H]1O2)c1ccccc1. The van der Waals surface area contributed by atoms with Crippen LogP contribution in [0.3, 0.4) is 0 Å². The minimum atomic E-state index is 0.0860. The first kappa shape index (κ1) is 11.0. The first-order valence-corrected chi connectivity index (χ1v) is 6.56. The van der Waals surface area contributed by atoms with Gasteiger partial charge in [0, 0.05) is 12.0 Å². The molecule has 0 N–H and O–H groups in total. The van der Waals surface area contributed by atoms with E-state index in [9.17, 15) is 4.79 Å². The molecule has 17 heavy (non-hydrogen) atoms. The van der Waals surface area contributed by atoms with Crippen LogP contribution < -0.4 is 0 Å². The van der Waals surface area contributed by atoms with Crippen molar-refractivity contribution in [2.75, 3.05) is 0 Å². The van der Waals surface area contributed by atoms with Crippen LogP contribution in [0, 0.1) is 0 Å². The molecule has 1 aromatic carbocycles. The molecule has 0 amide bonds. The number of fused-ring (bicyclic) bond motifs is 1. The van der Waals surface area contributed by atoms with Gasteiger partial charge in [-0.2, -0.15) is 0 Å². The Balaban J connectivity index is 1.57. The van der Waals surface area contributed by atoms with E-state index in [-0.39, 0.29) is 11.4 Å². The summed E-state index contributed by atoms with van der Waals surface area (Å²) in [6.45, 7) is 0. The van der Waals surface area contributed by atoms with Gasteiger partial charge in [0.1, 0.15) is 0 Å². The minimum absolute atomic E-state index is 0.0860. The standard InChI is InChI=1S/C15H18O2/c16-13(12-6-2-1-3-7-12)9-11-15-10-5-4-8-14(15)17-15/h1-3,6-7,14H,4-5,8-11H2/t14-,15-/m1/s1. The zero-order valence-corrected chi connectivity index (χ0v) is 10.0. The molecule has 1 aliphatic heterocycles. The fraction of sp³-hybridized carbons (Fsp3) is 0.533. The number of carbonyl (C=O) groups excluding carboxylic acids is 1. The Kier molecular flexibility index (Phi) is 2.75. The van der Waals surface area contributed by atoms with Gasteiger partial charge >= 0.3 is 0 Å². The molecule has 0 spiro atoms. The van der Waals surface area contributed by atoms with Crippen LogP contribution in [0.25, 0.3) is 0 Å². The van der Waals surface area contributed by atoms with Gasteiger partial charge in [-0.3, -0.25) is 4.79 Å². The van der Waals surface area contributed by atoms with Crippen molar-refractivity contribution in [2.45, 2.75) is 50.2 Å². The van der Waals surface area contributed by atoms with E-state index in [0.29, 0.717) is 12.5 Å². The van der Waals surface area contributed by atoms with Gasteiger partial charge in [0.05, 0.1) is 11.7 Å². The number of benzene rings is 1. The van der Waals surface area contributed by atoms with E-state index < -0.39 is 0 Å². The Bertz CT molecular complexity index is 412. The Morgan fingerprint density at radius 2 is 2.12 bits per heavy atom. The molecule has 1 aliphatic carbocycles. The van der Waals surface area contributed by atoms with Crippen molar-refractivity contribution in [2.24, 2.45) is 0 Å². The molecule has 0 unspecified atom stereocenters. The number of ether oxygens (including phenoxy) is 1. The van der Waals surface area contributed by atoms with Gasteiger partial charge in [0.2, 0.25) is 0 Å². The zero-order valence-electron chi connectivity index (χ0n) is 10.0. The van der Waals surface area contributed by atoms with E-state index in [2.05, 4.69) is 0 Å². The predicted molar refractivity (Wildman–Crippen MR) is 66.1 cm³/mol. The largest absolute Gasteiger partial charge is 0.366 e. The number of epoxide rings is 1. The molecule has 0 bridgehead atoms. The Hall–Kier alpha value is -1.15. The molecule has 3 rings (SSSR count). The molecule has 2 nitrogen and oxygen atoms in total. The third-order valence-electron chi connectivity index (χ3n) is 4.09. The minimum Gasteiger partial charge on any atom is -0.366 e. The van der Waals surface area contributed by atoms with E-state index in [1.54, 1.807) is 0 Å². The molecule has 1 saturated carbocycles. The van der Waals surface area contributed by atoms with Crippen molar-refractivity contribution >= 4 is 5.78 Å². The molecule has 1 saturated heterocycles. The predicted octanol–water partition coefficient (Wildman–Crippen LogP) is 3.36. The second-order valence-corrected chi connectivity index (χ2v) is 5.21. The first-order chi connectivity index (χ1) is 8.30. The van der Waals surface area contributed by atoms with Crippen LogP contribution in [0.2, 0.25) is 0 Å². The summed E-state index contributed by atoms with van der Waals surface area (Å²) < 4.78 is 5.80. The highest BCUT2D eigenvalue weighted by Crippen LogP contribution is 2.50. The zero-order chi connectivity index (χ0) is 11.7. The van der Waals surface area contributed by atoms with Gasteiger partial charge < -0.3 is 4.74 Å². The quantitative estimate of drug-likeness (QED) is 0.586. The molecular formula is C15H18O2. The average Bonchev–Trinajstić information content (AvgIpc) is 3.12. The number of rotatable bonds is 4. The second kappa shape index (κ2) is 4.26. The molecule has 1 heterocycles. The molecule has 2 atom stereocenters. The van der Waals surface area contributed by atoms with E-state index in [0.717, 1.165) is 18.4 Å². The Labute approximate surface area is 102 Å². The Morgan fingerprint density at radius 1 is 1.29 bits per heavy atom. The van der Waals surface area contributed by atoms with Gasteiger partial charge in [-0.05, 0) is 19.3 Å². The highest BCUT2D eigenvalue weighted by atomic mass is 16.6. The first-order valence-electron chi connectivity index (χ1n) is 6.56. The maximum atomic E-state index is 12.0. The molecule has 0 aromatic heterocycles. The van der Waals surface area contributed by atoms with Crippen LogP contribution in [0.15, 0.2) is 30.3 Å². The van der Waals surface area contributed by atoms with Crippen molar-refractivity contribution in [1.82, 2.24) is 0 Å². The van der Waals surface area contributed by atoms with Crippen molar-refractivity contribution in [3.8, 4) is 0 Å². The van der Waals surface area contributed by atoms with E-state index in [1.807, 2.05) is 30.3 Å². The lowest BCUT2D eigenvalue weighted by atomic mass is 9.85. The fourth-order valence-electron chi connectivity index (χ4n) is 2.98. The lowest BCUT2D eigenvalue weighted by Crippen LogP contribution is -2.20. The van der Waals surface area contributed by atoms with Crippen LogP contribution in [0.1, 0.15) is 48.9 Å². The molecule has 2 aliphatic rings. The van der Waals surface area contributed by atoms with Crippen molar-refractivity contribution < 1.29 is 9.53 Å². The molecule has 0 radical (unpaired) electrons. The summed E-state index contributed by atoms with van der Waals surface area (Å²) >= 11 is 0. The van der Waals surface area contributed by atoms with Crippen molar-refractivity contribution in [3.63, 3.8) is 0 Å². The Morgan fingerprint density at radius 3 is 2.88 bits per heavy atom. The number of hydrogen-bond acceptors (Lipinski definition) is 2. The second-order valence-electron chi connectivity index (χ2n) is 5.21. The fourth-order valence-corrected chi connectivity index (χ4v) is 2.98. The monoisotopic (exact) mass is 230 g/mol. The smallest absolute Gasteiger partial charge is 0.162 e. The summed E-state index contributed by atoms with van der Waals surface area (Å²) in [4.78, 5) is 12.0. The van der Waals surface area contributed by atoms with Crippen LogP contribution >= 0.6 is 0 Å². The number of ketones is 1. The summed E-state index contributed by atoms with van der Waals surface area (Å²) in [5, 5.41) is 0. The topological polar surface area (TPSA) is 29.6 Å². The summed E-state index contributed by atoms with van der Waals surface area (Å²) in [7, 11) is 0. The van der Waals surface area contributed by atoms with Gasteiger partial charge in [0.15, 0.2) is 5.78 Å². The molecule has 2 fully saturated rings.